The molecule has 29 heavy (non-hydrogen) atoms. The summed E-state index contributed by atoms with van der Waals surface area (Å²) < 4.78 is 27.5. The van der Waals surface area contributed by atoms with E-state index < -0.39 is 15.9 Å². The fourth-order valence-electron chi connectivity index (χ4n) is 3.06. The van der Waals surface area contributed by atoms with Crippen LogP contribution in [-0.4, -0.2) is 44.7 Å². The van der Waals surface area contributed by atoms with Crippen molar-refractivity contribution in [3.05, 3.63) is 52.5 Å². The van der Waals surface area contributed by atoms with Crippen LogP contribution in [0.1, 0.15) is 30.1 Å². The molecule has 0 unspecified atom stereocenters. The van der Waals surface area contributed by atoms with Gasteiger partial charge in [-0.15, -0.1) is 0 Å². The van der Waals surface area contributed by atoms with Crippen LogP contribution in [0.2, 0.25) is 0 Å². The molecule has 0 aromatic heterocycles. The van der Waals surface area contributed by atoms with Gasteiger partial charge in [-0.05, 0) is 71.2 Å². The lowest BCUT2D eigenvalue weighted by Crippen LogP contribution is -2.28. The Morgan fingerprint density at radius 1 is 1.07 bits per heavy atom. The van der Waals surface area contributed by atoms with Crippen molar-refractivity contribution in [3.63, 3.8) is 0 Å². The Labute approximate surface area is 178 Å². The number of amides is 2. The van der Waals surface area contributed by atoms with Crippen molar-refractivity contribution in [2.45, 2.75) is 24.7 Å². The van der Waals surface area contributed by atoms with Crippen molar-refractivity contribution in [1.82, 2.24) is 4.31 Å². The van der Waals surface area contributed by atoms with E-state index in [1.165, 1.54) is 28.3 Å². The fraction of sp³-hybridized carbons (Fsp3) is 0.300. The standard InChI is InChI=1S/C20H22BrN3O4S/c1-14(25)23(2)16-7-5-15(6-8-16)22-20(26)18-13-17(9-10-19(18)21)29(27,28)24-11-3-4-12-24/h5-10,13H,3-4,11-12H2,1-2H3,(H,22,26). The van der Waals surface area contributed by atoms with Crippen molar-refractivity contribution < 1.29 is 18.0 Å². The number of carbonyl (C=O) groups is 2. The molecule has 154 valence electrons. The first-order chi connectivity index (χ1) is 13.7. The number of nitrogens with one attached hydrogen (secondary N) is 1. The van der Waals surface area contributed by atoms with Gasteiger partial charge in [0, 0.05) is 42.9 Å². The third kappa shape index (κ3) is 4.68. The van der Waals surface area contributed by atoms with Crippen LogP contribution >= 0.6 is 15.9 Å². The molecule has 3 rings (SSSR count). The molecule has 2 amide bonds. The van der Waals surface area contributed by atoms with Gasteiger partial charge in [-0.1, -0.05) is 0 Å². The lowest BCUT2D eigenvalue weighted by atomic mass is 10.2. The van der Waals surface area contributed by atoms with Crippen molar-refractivity contribution in [1.29, 1.82) is 0 Å². The van der Waals surface area contributed by atoms with Crippen molar-refractivity contribution in [2.75, 3.05) is 30.4 Å². The van der Waals surface area contributed by atoms with Gasteiger partial charge < -0.3 is 10.2 Å². The highest BCUT2D eigenvalue weighted by Gasteiger charge is 2.28. The first kappa shape index (κ1) is 21.5. The minimum atomic E-state index is -3.61. The summed E-state index contributed by atoms with van der Waals surface area (Å²) in [5.74, 6) is -0.523. The second kappa shape index (κ2) is 8.64. The molecule has 0 atom stereocenters. The minimum Gasteiger partial charge on any atom is -0.322 e. The second-order valence-corrected chi connectivity index (χ2v) is 9.62. The van der Waals surface area contributed by atoms with Crippen LogP contribution in [0.4, 0.5) is 11.4 Å². The lowest BCUT2D eigenvalue weighted by Gasteiger charge is -2.17. The number of rotatable bonds is 5. The molecule has 0 radical (unpaired) electrons. The highest BCUT2D eigenvalue weighted by Crippen LogP contribution is 2.26. The molecule has 0 bridgehead atoms. The average Bonchev–Trinajstić information content (AvgIpc) is 3.23. The molecule has 2 aromatic rings. The molecule has 1 saturated heterocycles. The van der Waals surface area contributed by atoms with Crippen molar-refractivity contribution in [3.8, 4) is 0 Å². The summed E-state index contributed by atoms with van der Waals surface area (Å²) in [6.07, 6.45) is 1.69. The van der Waals surface area contributed by atoms with Crippen molar-refractivity contribution >= 4 is 49.1 Å². The zero-order valence-corrected chi connectivity index (χ0v) is 18.6. The summed E-state index contributed by atoms with van der Waals surface area (Å²) in [6, 6.07) is 11.3. The molecule has 2 aromatic carbocycles. The molecular formula is C20H22BrN3O4S. The molecular weight excluding hydrogens is 458 g/mol. The smallest absolute Gasteiger partial charge is 0.256 e. The Hall–Kier alpha value is -2.23. The number of halogens is 1. The third-order valence-corrected chi connectivity index (χ3v) is 7.46. The summed E-state index contributed by atoms with van der Waals surface area (Å²) in [5, 5.41) is 2.76. The summed E-state index contributed by atoms with van der Waals surface area (Å²) in [6.45, 7) is 2.47. The monoisotopic (exact) mass is 479 g/mol. The summed E-state index contributed by atoms with van der Waals surface area (Å²) >= 11 is 3.33. The Balaban J connectivity index is 1.81. The Morgan fingerprint density at radius 2 is 1.69 bits per heavy atom. The maximum Gasteiger partial charge on any atom is 0.256 e. The summed E-state index contributed by atoms with van der Waals surface area (Å²) in [4.78, 5) is 25.8. The molecule has 0 saturated carbocycles. The highest BCUT2D eigenvalue weighted by atomic mass is 79.9. The zero-order chi connectivity index (χ0) is 21.2. The molecule has 9 heteroatoms. The van der Waals surface area contributed by atoms with E-state index in [0.29, 0.717) is 28.9 Å². The van der Waals surface area contributed by atoms with E-state index in [-0.39, 0.29) is 16.4 Å². The van der Waals surface area contributed by atoms with Crippen LogP contribution < -0.4 is 10.2 Å². The molecule has 1 heterocycles. The van der Waals surface area contributed by atoms with Gasteiger partial charge >= 0.3 is 0 Å². The van der Waals surface area contributed by atoms with E-state index in [2.05, 4.69) is 21.2 Å². The average molecular weight is 480 g/mol. The van der Waals surface area contributed by atoms with Gasteiger partial charge in [0.1, 0.15) is 0 Å². The van der Waals surface area contributed by atoms with E-state index in [0.717, 1.165) is 12.8 Å². The van der Waals surface area contributed by atoms with Crippen LogP contribution in [0.15, 0.2) is 51.8 Å². The maximum absolute atomic E-state index is 12.8. The maximum atomic E-state index is 12.8. The van der Waals surface area contributed by atoms with Crippen LogP contribution in [0.5, 0.6) is 0 Å². The summed E-state index contributed by atoms with van der Waals surface area (Å²) in [7, 11) is -1.95. The molecule has 7 nitrogen and oxygen atoms in total. The number of nitrogens with zero attached hydrogens (tertiary/aromatic N) is 2. The zero-order valence-electron chi connectivity index (χ0n) is 16.2. The predicted octanol–water partition coefficient (Wildman–Crippen LogP) is 3.47. The SMILES string of the molecule is CC(=O)N(C)c1ccc(NC(=O)c2cc(S(=O)(=O)N3CCCC3)ccc2Br)cc1. The predicted molar refractivity (Wildman–Crippen MR) is 116 cm³/mol. The van der Waals surface area contributed by atoms with Gasteiger partial charge in [-0.3, -0.25) is 9.59 Å². The number of hydrogen-bond donors (Lipinski definition) is 1. The van der Waals surface area contributed by atoms with E-state index in [1.54, 1.807) is 37.4 Å². The van der Waals surface area contributed by atoms with Gasteiger partial charge in [-0.25, -0.2) is 8.42 Å². The van der Waals surface area contributed by atoms with Gasteiger partial charge in [-0.2, -0.15) is 4.31 Å². The van der Waals surface area contributed by atoms with E-state index >= 15 is 0 Å². The Morgan fingerprint density at radius 3 is 2.28 bits per heavy atom. The first-order valence-corrected chi connectivity index (χ1v) is 11.4. The molecule has 1 fully saturated rings. The molecule has 1 N–H and O–H groups in total. The lowest BCUT2D eigenvalue weighted by molar-refractivity contribution is -0.116. The van der Waals surface area contributed by atoms with Gasteiger partial charge in [0.05, 0.1) is 10.5 Å². The number of carbonyl (C=O) groups excluding carboxylic acids is 2. The number of hydrogen-bond acceptors (Lipinski definition) is 4. The Kier molecular flexibility index (Phi) is 6.40. The topological polar surface area (TPSA) is 86.8 Å². The molecule has 0 aliphatic carbocycles. The van der Waals surface area contributed by atoms with Crippen LogP contribution in [-0.2, 0) is 14.8 Å². The fourth-order valence-corrected chi connectivity index (χ4v) is 5.04. The summed E-state index contributed by atoms with van der Waals surface area (Å²) in [5.41, 5.74) is 1.47. The quantitative estimate of drug-likeness (QED) is 0.710. The Bertz CT molecular complexity index is 1030. The van der Waals surface area contributed by atoms with E-state index in [4.69, 9.17) is 0 Å². The van der Waals surface area contributed by atoms with Gasteiger partial charge in [0.15, 0.2) is 0 Å². The van der Waals surface area contributed by atoms with Crippen LogP contribution in [0.25, 0.3) is 0 Å². The largest absolute Gasteiger partial charge is 0.322 e. The number of sulfonamides is 1. The van der Waals surface area contributed by atoms with Crippen LogP contribution in [0.3, 0.4) is 0 Å². The third-order valence-electron chi connectivity index (χ3n) is 4.87. The molecule has 0 spiro atoms. The highest BCUT2D eigenvalue weighted by molar-refractivity contribution is 9.10. The second-order valence-electron chi connectivity index (χ2n) is 6.83. The minimum absolute atomic E-state index is 0.0956. The number of benzene rings is 2. The van der Waals surface area contributed by atoms with Crippen molar-refractivity contribution in [2.24, 2.45) is 0 Å². The normalized spacial score (nSPS) is 14.6. The van der Waals surface area contributed by atoms with E-state index in [9.17, 15) is 18.0 Å². The van der Waals surface area contributed by atoms with E-state index in [1.807, 2.05) is 0 Å². The molecule has 1 aliphatic heterocycles. The van der Waals surface area contributed by atoms with Gasteiger partial charge in [0.25, 0.3) is 5.91 Å². The first-order valence-electron chi connectivity index (χ1n) is 9.15. The number of anilines is 2. The van der Waals surface area contributed by atoms with Gasteiger partial charge in [0.2, 0.25) is 15.9 Å². The van der Waals surface area contributed by atoms with Crippen LogP contribution in [0, 0.1) is 0 Å². The molecule has 1 aliphatic rings.